The zero-order chi connectivity index (χ0) is 11.4. The molecule has 0 aliphatic rings. The second-order valence-electron chi connectivity index (χ2n) is 5.19. The van der Waals surface area contributed by atoms with Crippen LogP contribution in [0.1, 0.15) is 34.1 Å². The summed E-state index contributed by atoms with van der Waals surface area (Å²) in [6, 6.07) is 0. The zero-order valence-corrected chi connectivity index (χ0v) is 13.4. The van der Waals surface area contributed by atoms with Crippen LogP contribution in [0.15, 0.2) is 9.66 Å². The van der Waals surface area contributed by atoms with Crippen LogP contribution in [0, 0.1) is 0 Å². The lowest BCUT2D eigenvalue weighted by molar-refractivity contribution is 0.294. The lowest BCUT2D eigenvalue weighted by Crippen LogP contribution is -2.40. The van der Waals surface area contributed by atoms with Gasteiger partial charge in [-0.15, -0.1) is 0 Å². The summed E-state index contributed by atoms with van der Waals surface area (Å²) in [4.78, 5) is 0. The highest BCUT2D eigenvalue weighted by atomic mass is 127. The van der Waals surface area contributed by atoms with E-state index in [0.29, 0.717) is 5.04 Å². The van der Waals surface area contributed by atoms with Crippen LogP contribution in [-0.2, 0) is 4.43 Å². The molecule has 1 nitrogen and oxygen atoms in total. The zero-order valence-electron chi connectivity index (χ0n) is 10.3. The molecule has 0 fully saturated rings. The van der Waals surface area contributed by atoms with Crippen LogP contribution in [-0.4, -0.2) is 14.9 Å². The molecule has 0 amide bonds. The van der Waals surface area contributed by atoms with Crippen molar-refractivity contribution >= 4 is 30.9 Å². The summed E-state index contributed by atoms with van der Waals surface area (Å²) in [5, 5.41) is 0.329. The molecule has 84 valence electrons. The Bertz CT molecular complexity index is 200. The molecule has 0 unspecified atom stereocenters. The second-order valence-corrected chi connectivity index (χ2v) is 11.7. The summed E-state index contributed by atoms with van der Waals surface area (Å²) in [6.07, 6.45) is 3.27. The van der Waals surface area contributed by atoms with E-state index >= 15 is 0 Å². The lowest BCUT2D eigenvalue weighted by atomic mass is 10.2. The van der Waals surface area contributed by atoms with Crippen molar-refractivity contribution in [2.24, 2.45) is 0 Å². The summed E-state index contributed by atoms with van der Waals surface area (Å²) in [5.74, 6) is 0. The van der Waals surface area contributed by atoms with Crippen molar-refractivity contribution in [2.45, 2.75) is 52.2 Å². The fourth-order valence-electron chi connectivity index (χ4n) is 0.788. The number of halogens is 1. The molecule has 0 spiro atoms. The normalized spacial score (nSPS) is 14.6. The summed E-state index contributed by atoms with van der Waals surface area (Å²) in [7, 11) is -1.51. The van der Waals surface area contributed by atoms with Gasteiger partial charge in [0.15, 0.2) is 8.32 Å². The van der Waals surface area contributed by atoms with Crippen molar-refractivity contribution in [3.63, 3.8) is 0 Å². The SMILES string of the molecule is C/C(I)=C/CCO[Si](C)(C)C(C)(C)C. The molecule has 0 rings (SSSR count). The molecule has 0 aliphatic carbocycles. The number of hydrogen-bond acceptors (Lipinski definition) is 1. The van der Waals surface area contributed by atoms with E-state index < -0.39 is 8.32 Å². The van der Waals surface area contributed by atoms with Crippen molar-refractivity contribution in [1.29, 1.82) is 0 Å². The summed E-state index contributed by atoms with van der Waals surface area (Å²) in [5.41, 5.74) is 0. The average Bonchev–Trinajstić information content (AvgIpc) is 1.95. The fourth-order valence-corrected chi connectivity index (χ4v) is 2.16. The standard InChI is InChI=1S/C11H23IOSi/c1-10(12)8-7-9-13-14(5,6)11(2,3)4/h8H,7,9H2,1-6H3/b10-8-. The van der Waals surface area contributed by atoms with Crippen LogP contribution < -0.4 is 0 Å². The summed E-state index contributed by atoms with van der Waals surface area (Å²) < 4.78 is 7.38. The predicted molar refractivity (Wildman–Crippen MR) is 75.5 cm³/mol. The van der Waals surface area contributed by atoms with Gasteiger partial charge in [0.2, 0.25) is 0 Å². The molecule has 0 radical (unpaired) electrons. The van der Waals surface area contributed by atoms with Gasteiger partial charge in [-0.2, -0.15) is 0 Å². The Balaban J connectivity index is 3.95. The largest absolute Gasteiger partial charge is 0.417 e. The van der Waals surface area contributed by atoms with Crippen LogP contribution in [0.2, 0.25) is 18.1 Å². The van der Waals surface area contributed by atoms with Crippen molar-refractivity contribution in [3.8, 4) is 0 Å². The molecule has 14 heavy (non-hydrogen) atoms. The van der Waals surface area contributed by atoms with Crippen molar-refractivity contribution < 1.29 is 4.43 Å². The number of rotatable bonds is 4. The first kappa shape index (κ1) is 14.6. The number of allylic oxidation sites excluding steroid dienone is 1. The molecule has 0 heterocycles. The van der Waals surface area contributed by atoms with Crippen LogP contribution in [0.3, 0.4) is 0 Å². The topological polar surface area (TPSA) is 9.23 Å². The van der Waals surface area contributed by atoms with Gasteiger partial charge in [0, 0.05) is 6.61 Å². The highest BCUT2D eigenvalue weighted by molar-refractivity contribution is 14.1. The van der Waals surface area contributed by atoms with E-state index in [1.54, 1.807) is 0 Å². The highest BCUT2D eigenvalue weighted by Crippen LogP contribution is 2.36. The third-order valence-corrected chi connectivity index (χ3v) is 7.79. The van der Waals surface area contributed by atoms with Crippen LogP contribution in [0.4, 0.5) is 0 Å². The first-order valence-corrected chi connectivity index (χ1v) is 9.12. The van der Waals surface area contributed by atoms with Crippen molar-refractivity contribution in [2.75, 3.05) is 6.61 Å². The number of hydrogen-bond donors (Lipinski definition) is 0. The molecular weight excluding hydrogens is 303 g/mol. The monoisotopic (exact) mass is 326 g/mol. The summed E-state index contributed by atoms with van der Waals surface area (Å²) in [6.45, 7) is 14.4. The summed E-state index contributed by atoms with van der Waals surface area (Å²) >= 11 is 2.34. The van der Waals surface area contributed by atoms with E-state index in [-0.39, 0.29) is 0 Å². The van der Waals surface area contributed by atoms with E-state index in [1.165, 1.54) is 3.58 Å². The molecule has 0 aromatic carbocycles. The predicted octanol–water partition coefficient (Wildman–Crippen LogP) is 4.74. The Morgan fingerprint density at radius 3 is 2.21 bits per heavy atom. The maximum atomic E-state index is 6.04. The molecular formula is C11H23IOSi. The van der Waals surface area contributed by atoms with Gasteiger partial charge >= 0.3 is 0 Å². The molecule has 3 heteroatoms. The van der Waals surface area contributed by atoms with Gasteiger partial charge in [0.05, 0.1) is 0 Å². The minimum absolute atomic E-state index is 0.329. The van der Waals surface area contributed by atoms with Crippen LogP contribution in [0.5, 0.6) is 0 Å². The molecule has 0 aromatic heterocycles. The molecule has 0 aromatic rings. The Kier molecular flexibility index (Phi) is 5.92. The third kappa shape index (κ3) is 5.51. The fraction of sp³-hybridized carbons (Fsp3) is 0.818. The van der Waals surface area contributed by atoms with E-state index in [9.17, 15) is 0 Å². The molecule has 0 aliphatic heterocycles. The quantitative estimate of drug-likeness (QED) is 0.412. The van der Waals surface area contributed by atoms with E-state index in [0.717, 1.165) is 13.0 Å². The maximum absolute atomic E-state index is 6.04. The van der Waals surface area contributed by atoms with Gasteiger partial charge in [0.25, 0.3) is 0 Å². The van der Waals surface area contributed by atoms with Crippen LogP contribution in [0.25, 0.3) is 0 Å². The Labute approximate surface area is 104 Å². The molecule has 0 saturated carbocycles. The first-order chi connectivity index (χ1) is 6.17. The Morgan fingerprint density at radius 2 is 1.86 bits per heavy atom. The molecule has 0 bridgehead atoms. The van der Waals surface area contributed by atoms with Crippen molar-refractivity contribution in [1.82, 2.24) is 0 Å². The van der Waals surface area contributed by atoms with E-state index in [2.05, 4.69) is 69.5 Å². The van der Waals surface area contributed by atoms with E-state index in [1.807, 2.05) is 0 Å². The Hall–Kier alpha value is 0.647. The minimum Gasteiger partial charge on any atom is -0.417 e. The molecule has 0 atom stereocenters. The minimum atomic E-state index is -1.51. The van der Waals surface area contributed by atoms with Gasteiger partial charge in [-0.1, -0.05) is 26.8 Å². The van der Waals surface area contributed by atoms with Gasteiger partial charge in [-0.05, 0) is 57.6 Å². The second kappa shape index (κ2) is 5.65. The highest BCUT2D eigenvalue weighted by Gasteiger charge is 2.36. The molecule has 0 N–H and O–H groups in total. The van der Waals surface area contributed by atoms with Gasteiger partial charge < -0.3 is 4.43 Å². The van der Waals surface area contributed by atoms with E-state index in [4.69, 9.17) is 4.43 Å². The van der Waals surface area contributed by atoms with Gasteiger partial charge in [0.1, 0.15) is 0 Å². The molecule has 0 saturated heterocycles. The smallest absolute Gasteiger partial charge is 0.191 e. The third-order valence-electron chi connectivity index (χ3n) is 2.81. The average molecular weight is 326 g/mol. The Morgan fingerprint density at radius 1 is 1.36 bits per heavy atom. The maximum Gasteiger partial charge on any atom is 0.191 e. The van der Waals surface area contributed by atoms with Crippen molar-refractivity contribution in [3.05, 3.63) is 9.66 Å². The lowest BCUT2D eigenvalue weighted by Gasteiger charge is -2.36. The first-order valence-electron chi connectivity index (χ1n) is 5.13. The van der Waals surface area contributed by atoms with Gasteiger partial charge in [-0.25, -0.2) is 0 Å². The van der Waals surface area contributed by atoms with Gasteiger partial charge in [-0.3, -0.25) is 0 Å². The van der Waals surface area contributed by atoms with Crippen LogP contribution >= 0.6 is 22.6 Å².